The topological polar surface area (TPSA) is 42.8 Å². The Morgan fingerprint density at radius 2 is 1.71 bits per heavy atom. The fourth-order valence-corrected chi connectivity index (χ4v) is 3.16. The summed E-state index contributed by atoms with van der Waals surface area (Å²) in [7, 11) is 0. The van der Waals surface area contributed by atoms with Crippen LogP contribution in [0.5, 0.6) is 5.75 Å². The number of carbonyl (C=O) groups is 1. The number of rotatable bonds is 10. The maximum absolute atomic E-state index is 13.1. The second kappa shape index (κ2) is 9.59. The first kappa shape index (κ1) is 20.2. The van der Waals surface area contributed by atoms with Crippen LogP contribution in [0.2, 0.25) is 0 Å². The summed E-state index contributed by atoms with van der Waals surface area (Å²) in [5.41, 5.74) is 1.95. The standard InChI is InChI=1S/C21H23F3N2O2/c22-17-5-1-16(2-6-17)13-26(18-7-8-18)14-20(27)25-12-11-15-3-9-19(10-4-15)28-21(23)24/h1-6,9-10,18,21H,7-8,11-14H2,(H,25,27)/p+1. The fourth-order valence-electron chi connectivity index (χ4n) is 3.16. The van der Waals surface area contributed by atoms with Crippen molar-refractivity contribution in [2.75, 3.05) is 13.1 Å². The van der Waals surface area contributed by atoms with E-state index in [0.29, 0.717) is 32.1 Å². The molecule has 0 radical (unpaired) electrons. The Balaban J connectivity index is 1.43. The number of hydrogen-bond donors (Lipinski definition) is 2. The smallest absolute Gasteiger partial charge is 0.387 e. The van der Waals surface area contributed by atoms with Gasteiger partial charge in [0.25, 0.3) is 5.91 Å². The van der Waals surface area contributed by atoms with Gasteiger partial charge in [-0.3, -0.25) is 4.79 Å². The molecule has 2 aromatic carbocycles. The van der Waals surface area contributed by atoms with Gasteiger partial charge in [0.2, 0.25) is 0 Å². The minimum atomic E-state index is -2.84. The molecule has 4 nitrogen and oxygen atoms in total. The third-order valence-corrected chi connectivity index (χ3v) is 4.77. The second-order valence-corrected chi connectivity index (χ2v) is 7.03. The van der Waals surface area contributed by atoms with Gasteiger partial charge in [-0.25, -0.2) is 4.39 Å². The van der Waals surface area contributed by atoms with Crippen LogP contribution in [0.1, 0.15) is 24.0 Å². The van der Waals surface area contributed by atoms with E-state index in [1.807, 2.05) is 0 Å². The monoisotopic (exact) mass is 393 g/mol. The third-order valence-electron chi connectivity index (χ3n) is 4.77. The van der Waals surface area contributed by atoms with Gasteiger partial charge in [-0.15, -0.1) is 0 Å². The summed E-state index contributed by atoms with van der Waals surface area (Å²) in [4.78, 5) is 13.5. The molecule has 1 aliphatic rings. The molecule has 1 saturated carbocycles. The highest BCUT2D eigenvalue weighted by molar-refractivity contribution is 5.76. The van der Waals surface area contributed by atoms with Crippen molar-refractivity contribution in [2.45, 2.75) is 38.5 Å². The number of benzene rings is 2. The molecule has 2 N–H and O–H groups in total. The number of alkyl halides is 2. The predicted octanol–water partition coefficient (Wildman–Crippen LogP) is 2.33. The van der Waals surface area contributed by atoms with Crippen molar-refractivity contribution in [1.29, 1.82) is 0 Å². The maximum Gasteiger partial charge on any atom is 0.387 e. The van der Waals surface area contributed by atoms with Crippen LogP contribution in [0.25, 0.3) is 0 Å². The van der Waals surface area contributed by atoms with Gasteiger partial charge >= 0.3 is 6.61 Å². The quantitative estimate of drug-likeness (QED) is 0.651. The van der Waals surface area contributed by atoms with E-state index in [-0.39, 0.29) is 17.5 Å². The van der Waals surface area contributed by atoms with Crippen molar-refractivity contribution in [1.82, 2.24) is 5.32 Å². The summed E-state index contributed by atoms with van der Waals surface area (Å²) in [6, 6.07) is 13.3. The van der Waals surface area contributed by atoms with E-state index in [4.69, 9.17) is 0 Å². The average Bonchev–Trinajstić information content (AvgIpc) is 3.49. The van der Waals surface area contributed by atoms with E-state index in [1.54, 1.807) is 24.3 Å². The third kappa shape index (κ3) is 6.56. The molecule has 1 aliphatic carbocycles. The van der Waals surface area contributed by atoms with Crippen LogP contribution in [0.3, 0.4) is 0 Å². The Labute approximate surface area is 162 Å². The summed E-state index contributed by atoms with van der Waals surface area (Å²) in [5.74, 6) is -0.169. The molecule has 3 rings (SSSR count). The van der Waals surface area contributed by atoms with Crippen LogP contribution >= 0.6 is 0 Å². The summed E-state index contributed by atoms with van der Waals surface area (Å²) in [6.45, 7) is -1.29. The first-order valence-electron chi connectivity index (χ1n) is 9.39. The van der Waals surface area contributed by atoms with E-state index >= 15 is 0 Å². The number of hydrogen-bond acceptors (Lipinski definition) is 2. The van der Waals surface area contributed by atoms with Gasteiger partial charge in [-0.1, -0.05) is 24.3 Å². The number of nitrogens with one attached hydrogen (secondary N) is 2. The highest BCUT2D eigenvalue weighted by Gasteiger charge is 2.34. The molecule has 1 unspecified atom stereocenters. The second-order valence-electron chi connectivity index (χ2n) is 7.03. The number of carbonyl (C=O) groups excluding carboxylic acids is 1. The zero-order valence-electron chi connectivity index (χ0n) is 15.5. The van der Waals surface area contributed by atoms with Crippen molar-refractivity contribution in [3.63, 3.8) is 0 Å². The summed E-state index contributed by atoms with van der Waals surface area (Å²) in [5, 5.41) is 2.91. The Morgan fingerprint density at radius 1 is 1.07 bits per heavy atom. The molecule has 0 aliphatic heterocycles. The molecule has 1 amide bonds. The molecule has 1 atom stereocenters. The minimum Gasteiger partial charge on any atom is -0.435 e. The van der Waals surface area contributed by atoms with Gasteiger partial charge in [0.1, 0.15) is 18.1 Å². The van der Waals surface area contributed by atoms with Crippen LogP contribution in [0.4, 0.5) is 13.2 Å². The van der Waals surface area contributed by atoms with Crippen LogP contribution in [0, 0.1) is 5.82 Å². The van der Waals surface area contributed by atoms with Crippen molar-refractivity contribution < 1.29 is 27.6 Å². The van der Waals surface area contributed by atoms with Gasteiger partial charge in [-0.05, 0) is 36.2 Å². The normalized spacial score (nSPS) is 14.7. The van der Waals surface area contributed by atoms with E-state index in [1.165, 1.54) is 29.2 Å². The predicted molar refractivity (Wildman–Crippen MR) is 98.7 cm³/mol. The van der Waals surface area contributed by atoms with Crippen molar-refractivity contribution in [3.05, 3.63) is 65.5 Å². The molecular weight excluding hydrogens is 369 g/mol. The molecule has 0 heterocycles. The Hall–Kier alpha value is -2.54. The Morgan fingerprint density at radius 3 is 2.32 bits per heavy atom. The number of ether oxygens (including phenoxy) is 1. The number of quaternary nitrogens is 1. The van der Waals surface area contributed by atoms with Gasteiger partial charge in [0, 0.05) is 24.9 Å². The Kier molecular flexibility index (Phi) is 6.92. The summed E-state index contributed by atoms with van der Waals surface area (Å²) in [6.07, 6.45) is 2.82. The van der Waals surface area contributed by atoms with E-state index in [0.717, 1.165) is 24.0 Å². The lowest BCUT2D eigenvalue weighted by Gasteiger charge is -2.19. The molecule has 0 bridgehead atoms. The van der Waals surface area contributed by atoms with Crippen molar-refractivity contribution >= 4 is 5.91 Å². The zero-order valence-corrected chi connectivity index (χ0v) is 15.5. The SMILES string of the molecule is O=C(C[NH+](Cc1ccc(F)cc1)C1CC1)NCCc1ccc(OC(F)F)cc1. The molecule has 1 fully saturated rings. The van der Waals surface area contributed by atoms with E-state index < -0.39 is 6.61 Å². The van der Waals surface area contributed by atoms with Gasteiger partial charge in [0.15, 0.2) is 6.54 Å². The molecule has 0 aromatic heterocycles. The van der Waals surface area contributed by atoms with Gasteiger partial charge in [0.05, 0.1) is 6.04 Å². The molecule has 28 heavy (non-hydrogen) atoms. The van der Waals surface area contributed by atoms with E-state index in [2.05, 4.69) is 10.1 Å². The lowest BCUT2D eigenvalue weighted by atomic mass is 10.1. The van der Waals surface area contributed by atoms with Gasteiger partial charge in [-0.2, -0.15) is 8.78 Å². The minimum absolute atomic E-state index is 0.0262. The highest BCUT2D eigenvalue weighted by Crippen LogP contribution is 2.16. The molecule has 0 saturated heterocycles. The van der Waals surface area contributed by atoms with Crippen molar-refractivity contribution in [2.24, 2.45) is 0 Å². The number of amides is 1. The highest BCUT2D eigenvalue weighted by atomic mass is 19.3. The maximum atomic E-state index is 13.1. The first-order chi connectivity index (χ1) is 13.5. The van der Waals surface area contributed by atoms with Gasteiger partial charge < -0.3 is 15.0 Å². The zero-order chi connectivity index (χ0) is 19.9. The molecular formula is C21H24F3N2O2+. The average molecular weight is 393 g/mol. The summed E-state index contributed by atoms with van der Waals surface area (Å²) < 4.78 is 41.7. The first-order valence-corrected chi connectivity index (χ1v) is 9.39. The molecule has 2 aromatic rings. The molecule has 150 valence electrons. The van der Waals surface area contributed by atoms with Crippen LogP contribution in [-0.2, 0) is 17.8 Å². The lowest BCUT2D eigenvalue weighted by molar-refractivity contribution is -0.917. The van der Waals surface area contributed by atoms with Crippen LogP contribution in [-0.4, -0.2) is 31.7 Å². The van der Waals surface area contributed by atoms with Crippen molar-refractivity contribution in [3.8, 4) is 5.75 Å². The Bertz CT molecular complexity index is 762. The number of halogens is 3. The lowest BCUT2D eigenvalue weighted by Crippen LogP contribution is -3.13. The largest absolute Gasteiger partial charge is 0.435 e. The van der Waals surface area contributed by atoms with Crippen LogP contribution < -0.4 is 15.0 Å². The fraction of sp³-hybridized carbons (Fsp3) is 0.381. The van der Waals surface area contributed by atoms with E-state index in [9.17, 15) is 18.0 Å². The molecule has 7 heteroatoms. The molecule has 0 spiro atoms. The summed E-state index contributed by atoms with van der Waals surface area (Å²) >= 11 is 0. The van der Waals surface area contributed by atoms with Crippen LogP contribution in [0.15, 0.2) is 48.5 Å².